The number of benzene rings is 2. The quantitative estimate of drug-likeness (QED) is 0.516. The minimum Gasteiger partial charge on any atom is -0.323 e. The molecule has 0 fully saturated rings. The van der Waals surface area contributed by atoms with Crippen LogP contribution >= 0.6 is 0 Å². The van der Waals surface area contributed by atoms with Gasteiger partial charge < -0.3 is 4.98 Å². The largest absolute Gasteiger partial charge is 0.323 e. The number of para-hydroxylation sites is 1. The highest BCUT2D eigenvalue weighted by Gasteiger charge is 2.11. The maximum atomic E-state index is 12.5. The second kappa shape index (κ2) is 4.76. The van der Waals surface area contributed by atoms with Gasteiger partial charge in [0.25, 0.3) is 5.56 Å². The molecule has 0 aliphatic heterocycles. The number of pyridine rings is 2. The molecule has 5 rings (SSSR count). The summed E-state index contributed by atoms with van der Waals surface area (Å²) < 4.78 is 1.61. The van der Waals surface area contributed by atoms with Gasteiger partial charge in [-0.3, -0.25) is 9.78 Å². The van der Waals surface area contributed by atoms with Gasteiger partial charge in [-0.1, -0.05) is 18.2 Å². The fourth-order valence-corrected chi connectivity index (χ4v) is 3.12. The Balaban J connectivity index is 1.89. The predicted octanol–water partition coefficient (Wildman–Crippen LogP) is 3.42. The van der Waals surface area contributed by atoms with Crippen molar-refractivity contribution in [1.82, 2.24) is 19.5 Å². The number of hydrogen-bond donors (Lipinski definition) is 1. The number of nitrogens with zero attached hydrogens (tertiary/aromatic N) is 3. The van der Waals surface area contributed by atoms with Crippen LogP contribution in [0.2, 0.25) is 0 Å². The van der Waals surface area contributed by atoms with E-state index in [0.29, 0.717) is 5.95 Å². The Bertz CT molecular complexity index is 1280. The molecular weight excluding hydrogens is 300 g/mol. The average Bonchev–Trinajstić information content (AvgIpc) is 3.05. The molecule has 0 aliphatic carbocycles. The lowest BCUT2D eigenvalue weighted by molar-refractivity contribution is 0.960. The van der Waals surface area contributed by atoms with E-state index in [2.05, 4.69) is 15.0 Å². The number of imidazole rings is 1. The Morgan fingerprint density at radius 3 is 2.79 bits per heavy atom. The first-order valence-corrected chi connectivity index (χ1v) is 7.66. The zero-order chi connectivity index (χ0) is 16.1. The van der Waals surface area contributed by atoms with Crippen LogP contribution in [0.15, 0.2) is 71.7 Å². The topological polar surface area (TPSA) is 63.6 Å². The molecule has 3 aromatic heterocycles. The van der Waals surface area contributed by atoms with Crippen LogP contribution in [0.3, 0.4) is 0 Å². The van der Waals surface area contributed by atoms with E-state index < -0.39 is 0 Å². The zero-order valence-electron chi connectivity index (χ0n) is 12.6. The number of H-pyrrole nitrogens is 1. The Kier molecular flexibility index (Phi) is 2.58. The molecule has 114 valence electrons. The third-order valence-electron chi connectivity index (χ3n) is 4.24. The van der Waals surface area contributed by atoms with Crippen LogP contribution in [0.1, 0.15) is 0 Å². The first-order chi connectivity index (χ1) is 11.8. The Morgan fingerprint density at radius 1 is 0.917 bits per heavy atom. The number of nitrogens with one attached hydrogen (secondary N) is 1. The second-order valence-electron chi connectivity index (χ2n) is 5.66. The van der Waals surface area contributed by atoms with Crippen molar-refractivity contribution in [2.24, 2.45) is 0 Å². The molecule has 5 aromatic rings. The molecule has 0 radical (unpaired) electrons. The third-order valence-corrected chi connectivity index (χ3v) is 4.24. The SMILES string of the molecule is O=c1ccc2ccccc2n1-c1nc2c(ccc3ncccc32)[nH]1. The van der Waals surface area contributed by atoms with Gasteiger partial charge in [0.2, 0.25) is 5.95 Å². The molecule has 2 aromatic carbocycles. The molecule has 0 spiro atoms. The summed E-state index contributed by atoms with van der Waals surface area (Å²) in [5.41, 5.74) is 3.29. The molecule has 3 heterocycles. The van der Waals surface area contributed by atoms with Gasteiger partial charge in [0, 0.05) is 17.6 Å². The Morgan fingerprint density at radius 2 is 1.83 bits per heavy atom. The summed E-state index contributed by atoms with van der Waals surface area (Å²) in [7, 11) is 0. The van der Waals surface area contributed by atoms with Crippen LogP contribution in [-0.2, 0) is 0 Å². The van der Waals surface area contributed by atoms with Gasteiger partial charge in [-0.2, -0.15) is 0 Å². The van der Waals surface area contributed by atoms with Gasteiger partial charge in [-0.05, 0) is 41.8 Å². The minimum absolute atomic E-state index is 0.116. The average molecular weight is 312 g/mol. The normalized spacial score (nSPS) is 11.5. The van der Waals surface area contributed by atoms with Gasteiger partial charge in [0.05, 0.1) is 22.1 Å². The van der Waals surface area contributed by atoms with E-state index >= 15 is 0 Å². The fourth-order valence-electron chi connectivity index (χ4n) is 3.12. The second-order valence-corrected chi connectivity index (χ2v) is 5.66. The number of fused-ring (bicyclic) bond motifs is 4. The molecule has 0 aliphatic rings. The van der Waals surface area contributed by atoms with Gasteiger partial charge in [-0.15, -0.1) is 0 Å². The Hall–Kier alpha value is -3.47. The van der Waals surface area contributed by atoms with Gasteiger partial charge in [0.15, 0.2) is 0 Å². The smallest absolute Gasteiger partial charge is 0.257 e. The molecule has 0 saturated heterocycles. The summed E-state index contributed by atoms with van der Waals surface area (Å²) in [5.74, 6) is 0.517. The molecule has 5 heteroatoms. The van der Waals surface area contributed by atoms with Crippen LogP contribution in [0, 0.1) is 0 Å². The molecule has 24 heavy (non-hydrogen) atoms. The number of aromatic nitrogens is 4. The van der Waals surface area contributed by atoms with Crippen LogP contribution < -0.4 is 5.56 Å². The lowest BCUT2D eigenvalue weighted by Crippen LogP contribution is -2.18. The zero-order valence-corrected chi connectivity index (χ0v) is 12.6. The van der Waals surface area contributed by atoms with Crippen LogP contribution in [-0.4, -0.2) is 19.5 Å². The highest BCUT2D eigenvalue weighted by Crippen LogP contribution is 2.24. The van der Waals surface area contributed by atoms with Crippen LogP contribution in [0.25, 0.3) is 38.8 Å². The number of hydrogen-bond acceptors (Lipinski definition) is 3. The molecular formula is C19H12N4O. The monoisotopic (exact) mass is 312 g/mol. The fraction of sp³-hybridized carbons (Fsp3) is 0. The molecule has 0 bridgehead atoms. The van der Waals surface area contributed by atoms with Crippen molar-refractivity contribution < 1.29 is 0 Å². The summed E-state index contributed by atoms with van der Waals surface area (Å²) in [6, 6.07) is 18.9. The van der Waals surface area contributed by atoms with Gasteiger partial charge in [0.1, 0.15) is 0 Å². The molecule has 1 N–H and O–H groups in total. The maximum absolute atomic E-state index is 12.5. The van der Waals surface area contributed by atoms with Crippen LogP contribution in [0.5, 0.6) is 0 Å². The highest BCUT2D eigenvalue weighted by atomic mass is 16.1. The predicted molar refractivity (Wildman–Crippen MR) is 94.5 cm³/mol. The number of rotatable bonds is 1. The Labute approximate surface area is 136 Å². The highest BCUT2D eigenvalue weighted by molar-refractivity contribution is 6.02. The molecule has 5 nitrogen and oxygen atoms in total. The minimum atomic E-state index is -0.116. The molecule has 0 amide bonds. The van der Waals surface area contributed by atoms with Crippen molar-refractivity contribution in [3.05, 3.63) is 77.2 Å². The van der Waals surface area contributed by atoms with Crippen molar-refractivity contribution >= 4 is 32.8 Å². The van der Waals surface area contributed by atoms with E-state index in [-0.39, 0.29) is 5.56 Å². The van der Waals surface area contributed by atoms with E-state index in [9.17, 15) is 4.79 Å². The van der Waals surface area contributed by atoms with E-state index in [0.717, 1.165) is 32.8 Å². The van der Waals surface area contributed by atoms with Crippen molar-refractivity contribution in [3.63, 3.8) is 0 Å². The standard InChI is InChI=1S/C19H12N4O/c24-17-10-7-12-4-1-2-6-16(12)23(17)19-21-15-9-8-14-13(18(15)22-19)5-3-11-20-14/h1-11H,(H,21,22). The lowest BCUT2D eigenvalue weighted by atomic mass is 10.2. The lowest BCUT2D eigenvalue weighted by Gasteiger charge is -2.06. The molecule has 0 saturated carbocycles. The van der Waals surface area contributed by atoms with Crippen molar-refractivity contribution in [1.29, 1.82) is 0 Å². The van der Waals surface area contributed by atoms with Crippen molar-refractivity contribution in [2.45, 2.75) is 0 Å². The summed E-state index contributed by atoms with van der Waals surface area (Å²) in [6.45, 7) is 0. The summed E-state index contributed by atoms with van der Waals surface area (Å²) in [4.78, 5) is 24.8. The summed E-state index contributed by atoms with van der Waals surface area (Å²) >= 11 is 0. The molecule has 0 unspecified atom stereocenters. The summed E-state index contributed by atoms with van der Waals surface area (Å²) in [5, 5.41) is 1.95. The van der Waals surface area contributed by atoms with Crippen LogP contribution in [0.4, 0.5) is 0 Å². The van der Waals surface area contributed by atoms with E-state index in [4.69, 9.17) is 0 Å². The van der Waals surface area contributed by atoms with Gasteiger partial charge in [-0.25, -0.2) is 9.55 Å². The maximum Gasteiger partial charge on any atom is 0.257 e. The molecule has 0 atom stereocenters. The van der Waals surface area contributed by atoms with E-state index in [1.807, 2.05) is 54.6 Å². The van der Waals surface area contributed by atoms with Crippen molar-refractivity contribution in [3.8, 4) is 5.95 Å². The van der Waals surface area contributed by atoms with Gasteiger partial charge >= 0.3 is 0 Å². The third kappa shape index (κ3) is 1.78. The van der Waals surface area contributed by atoms with E-state index in [1.54, 1.807) is 16.8 Å². The first kappa shape index (κ1) is 13.0. The summed E-state index contributed by atoms with van der Waals surface area (Å²) in [6.07, 6.45) is 1.76. The van der Waals surface area contributed by atoms with E-state index in [1.165, 1.54) is 0 Å². The first-order valence-electron chi connectivity index (χ1n) is 7.66. The number of aromatic amines is 1. The van der Waals surface area contributed by atoms with Crippen molar-refractivity contribution in [2.75, 3.05) is 0 Å².